The lowest BCUT2D eigenvalue weighted by atomic mass is 9.87. The van der Waals surface area contributed by atoms with Crippen LogP contribution in [0.3, 0.4) is 0 Å². The lowest BCUT2D eigenvalue weighted by molar-refractivity contribution is -0.0572. The monoisotopic (exact) mass is 356 g/mol. The molecule has 2 atom stereocenters. The summed E-state index contributed by atoms with van der Waals surface area (Å²) in [6.07, 6.45) is -0.921. The van der Waals surface area contributed by atoms with Crippen molar-refractivity contribution in [3.63, 3.8) is 0 Å². The largest absolute Gasteiger partial charge is 0.485 e. The average molecular weight is 356 g/mol. The SMILES string of the molecule is CN(CC(C)(C)C)S(=O)(=O)c1ccc2c(c1)[C@@H](N)[C@H](O)C(C)(C)O2. The van der Waals surface area contributed by atoms with Crippen LogP contribution in [0.5, 0.6) is 5.75 Å². The van der Waals surface area contributed by atoms with Crippen molar-refractivity contribution < 1.29 is 18.3 Å². The number of nitrogens with zero attached hydrogens (tertiary/aromatic N) is 1. The van der Waals surface area contributed by atoms with E-state index in [4.69, 9.17) is 10.5 Å². The predicted molar refractivity (Wildman–Crippen MR) is 93.4 cm³/mol. The van der Waals surface area contributed by atoms with Gasteiger partial charge in [-0.2, -0.15) is 0 Å². The normalized spacial score (nSPS) is 23.7. The second-order valence-corrected chi connectivity index (χ2v) is 10.2. The van der Waals surface area contributed by atoms with Gasteiger partial charge in [0.25, 0.3) is 0 Å². The number of ether oxygens (including phenoxy) is 1. The lowest BCUT2D eigenvalue weighted by Gasteiger charge is -2.40. The minimum absolute atomic E-state index is 0.152. The number of aliphatic hydroxyl groups is 1. The van der Waals surface area contributed by atoms with Crippen molar-refractivity contribution in [3.05, 3.63) is 23.8 Å². The number of sulfonamides is 1. The Morgan fingerprint density at radius 3 is 2.46 bits per heavy atom. The van der Waals surface area contributed by atoms with E-state index < -0.39 is 27.8 Å². The van der Waals surface area contributed by atoms with Crippen molar-refractivity contribution in [2.24, 2.45) is 11.1 Å². The fraction of sp³-hybridized carbons (Fsp3) is 0.647. The van der Waals surface area contributed by atoms with E-state index in [0.717, 1.165) is 0 Å². The molecule has 0 spiro atoms. The maximum absolute atomic E-state index is 12.8. The smallest absolute Gasteiger partial charge is 0.242 e. The van der Waals surface area contributed by atoms with Gasteiger partial charge in [-0.25, -0.2) is 12.7 Å². The summed E-state index contributed by atoms with van der Waals surface area (Å²) in [5, 5.41) is 10.3. The first-order valence-electron chi connectivity index (χ1n) is 7.99. The van der Waals surface area contributed by atoms with Gasteiger partial charge in [0.1, 0.15) is 17.5 Å². The van der Waals surface area contributed by atoms with Crippen LogP contribution in [-0.4, -0.2) is 43.1 Å². The summed E-state index contributed by atoms with van der Waals surface area (Å²) in [5.41, 5.74) is 5.64. The van der Waals surface area contributed by atoms with E-state index in [9.17, 15) is 13.5 Å². The zero-order chi connectivity index (χ0) is 18.5. The Bertz CT molecular complexity index is 723. The first-order valence-corrected chi connectivity index (χ1v) is 9.43. The number of hydrogen-bond acceptors (Lipinski definition) is 5. The molecule has 0 fully saturated rings. The number of nitrogens with two attached hydrogens (primary N) is 1. The highest BCUT2D eigenvalue weighted by Crippen LogP contribution is 2.39. The zero-order valence-electron chi connectivity index (χ0n) is 15.2. The first kappa shape index (κ1) is 19.2. The van der Waals surface area contributed by atoms with Gasteiger partial charge in [-0.05, 0) is 37.5 Å². The number of rotatable bonds is 3. The highest BCUT2D eigenvalue weighted by Gasteiger charge is 2.41. The van der Waals surface area contributed by atoms with Crippen LogP contribution in [0.4, 0.5) is 0 Å². The third kappa shape index (κ3) is 3.59. The van der Waals surface area contributed by atoms with Gasteiger partial charge in [0.15, 0.2) is 0 Å². The van der Waals surface area contributed by atoms with Crippen molar-refractivity contribution in [1.82, 2.24) is 4.31 Å². The Kier molecular flexibility index (Phi) is 4.78. The fourth-order valence-electron chi connectivity index (χ4n) is 2.92. The van der Waals surface area contributed by atoms with Crippen LogP contribution in [0.15, 0.2) is 23.1 Å². The molecular formula is C17H28N2O4S. The maximum atomic E-state index is 12.8. The summed E-state index contributed by atoms with van der Waals surface area (Å²) in [5.74, 6) is 0.509. The number of hydrogen-bond donors (Lipinski definition) is 2. The molecule has 0 aromatic heterocycles. The molecule has 0 radical (unpaired) electrons. The van der Waals surface area contributed by atoms with Gasteiger partial charge in [-0.1, -0.05) is 20.8 Å². The molecule has 1 aromatic carbocycles. The van der Waals surface area contributed by atoms with Gasteiger partial charge in [-0.3, -0.25) is 0 Å². The Labute approximate surface area is 144 Å². The Hall–Kier alpha value is -1.15. The molecule has 1 aromatic rings. The molecule has 0 saturated heterocycles. The van der Waals surface area contributed by atoms with E-state index in [1.807, 2.05) is 20.8 Å². The van der Waals surface area contributed by atoms with Crippen molar-refractivity contribution in [2.45, 2.75) is 57.3 Å². The van der Waals surface area contributed by atoms with Crippen LogP contribution < -0.4 is 10.5 Å². The van der Waals surface area contributed by atoms with Gasteiger partial charge < -0.3 is 15.6 Å². The van der Waals surface area contributed by atoms with Gasteiger partial charge in [0, 0.05) is 19.2 Å². The van der Waals surface area contributed by atoms with Crippen molar-refractivity contribution in [2.75, 3.05) is 13.6 Å². The average Bonchev–Trinajstić information content (AvgIpc) is 2.42. The summed E-state index contributed by atoms with van der Waals surface area (Å²) >= 11 is 0. The molecule has 24 heavy (non-hydrogen) atoms. The molecule has 0 bridgehead atoms. The molecule has 3 N–H and O–H groups in total. The predicted octanol–water partition coefficient (Wildman–Crippen LogP) is 1.88. The van der Waals surface area contributed by atoms with Crippen LogP contribution in [0, 0.1) is 5.41 Å². The van der Waals surface area contributed by atoms with Crippen LogP contribution in [0.25, 0.3) is 0 Å². The quantitative estimate of drug-likeness (QED) is 0.863. The molecule has 1 heterocycles. The van der Waals surface area contributed by atoms with Crippen LogP contribution in [-0.2, 0) is 10.0 Å². The number of benzene rings is 1. The summed E-state index contributed by atoms with van der Waals surface area (Å²) in [7, 11) is -2.07. The van der Waals surface area contributed by atoms with Gasteiger partial charge in [0.2, 0.25) is 10.0 Å². The summed E-state index contributed by atoms with van der Waals surface area (Å²) in [6, 6.07) is 3.94. The molecule has 7 heteroatoms. The maximum Gasteiger partial charge on any atom is 0.242 e. The highest BCUT2D eigenvalue weighted by molar-refractivity contribution is 7.89. The van der Waals surface area contributed by atoms with Gasteiger partial charge in [0.05, 0.1) is 10.9 Å². The van der Waals surface area contributed by atoms with E-state index in [0.29, 0.717) is 17.9 Å². The Morgan fingerprint density at radius 2 is 1.92 bits per heavy atom. The van der Waals surface area contributed by atoms with Gasteiger partial charge >= 0.3 is 0 Å². The minimum atomic E-state index is -3.63. The molecule has 0 aliphatic carbocycles. The van der Waals surface area contributed by atoms with E-state index in [1.165, 1.54) is 16.4 Å². The molecule has 6 nitrogen and oxygen atoms in total. The summed E-state index contributed by atoms with van der Waals surface area (Å²) < 4.78 is 32.7. The van der Waals surface area contributed by atoms with Crippen molar-refractivity contribution in [1.29, 1.82) is 0 Å². The second-order valence-electron chi connectivity index (χ2n) is 8.20. The lowest BCUT2D eigenvalue weighted by Crippen LogP contribution is -2.51. The Balaban J connectivity index is 2.42. The van der Waals surface area contributed by atoms with Gasteiger partial charge in [-0.15, -0.1) is 0 Å². The van der Waals surface area contributed by atoms with E-state index in [1.54, 1.807) is 27.0 Å². The van der Waals surface area contributed by atoms with Crippen LogP contribution in [0.2, 0.25) is 0 Å². The fourth-order valence-corrected chi connectivity index (χ4v) is 4.35. The molecule has 1 aliphatic rings. The van der Waals surface area contributed by atoms with Crippen molar-refractivity contribution in [3.8, 4) is 5.75 Å². The van der Waals surface area contributed by atoms with Crippen LogP contribution >= 0.6 is 0 Å². The first-order chi connectivity index (χ1) is 10.8. The standard InChI is InChI=1S/C17H28N2O4S/c1-16(2,3)10-19(6)24(21,22)11-7-8-13-12(9-11)14(18)15(20)17(4,5)23-13/h7-9,14-15,20H,10,18H2,1-6H3/t14-,15+/m1/s1. The zero-order valence-corrected chi connectivity index (χ0v) is 16.0. The highest BCUT2D eigenvalue weighted by atomic mass is 32.2. The van der Waals surface area contributed by atoms with Crippen molar-refractivity contribution >= 4 is 10.0 Å². The van der Waals surface area contributed by atoms with E-state index >= 15 is 0 Å². The molecule has 136 valence electrons. The molecule has 0 saturated carbocycles. The molecule has 2 rings (SSSR count). The molecular weight excluding hydrogens is 328 g/mol. The minimum Gasteiger partial charge on any atom is -0.485 e. The van der Waals surface area contributed by atoms with E-state index in [2.05, 4.69) is 0 Å². The number of aliphatic hydroxyl groups excluding tert-OH is 1. The van der Waals surface area contributed by atoms with Crippen LogP contribution in [0.1, 0.15) is 46.2 Å². The summed E-state index contributed by atoms with van der Waals surface area (Å²) in [6.45, 7) is 9.84. The third-order valence-corrected chi connectivity index (χ3v) is 5.97. The molecule has 0 amide bonds. The van der Waals surface area contributed by atoms with E-state index in [-0.39, 0.29) is 10.3 Å². The summed E-state index contributed by atoms with van der Waals surface area (Å²) in [4.78, 5) is 0.152. The topological polar surface area (TPSA) is 92.9 Å². The third-order valence-electron chi connectivity index (χ3n) is 4.17. The Morgan fingerprint density at radius 1 is 1.33 bits per heavy atom. The second kappa shape index (κ2) is 5.98. The molecule has 1 aliphatic heterocycles. The molecule has 0 unspecified atom stereocenters. The number of fused-ring (bicyclic) bond motifs is 1.